The smallest absolute Gasteiger partial charge is 0.391 e. The van der Waals surface area contributed by atoms with Crippen molar-refractivity contribution in [3.63, 3.8) is 0 Å². The van der Waals surface area contributed by atoms with Crippen LogP contribution in [-0.4, -0.2) is 40.2 Å². The molecule has 10 heteroatoms. The summed E-state index contributed by atoms with van der Waals surface area (Å²) in [5.41, 5.74) is 1.77. The highest BCUT2D eigenvalue weighted by Crippen LogP contribution is 2.35. The predicted molar refractivity (Wildman–Crippen MR) is 128 cm³/mol. The normalized spacial score (nSPS) is 16.4. The number of hydrogen-bond acceptors (Lipinski definition) is 4. The summed E-state index contributed by atoms with van der Waals surface area (Å²) >= 11 is 5.95. The Morgan fingerprint density at radius 2 is 1.89 bits per heavy atom. The van der Waals surface area contributed by atoms with Crippen LogP contribution in [0.2, 0.25) is 5.02 Å². The first kappa shape index (κ1) is 24.8. The van der Waals surface area contributed by atoms with Crippen molar-refractivity contribution in [3.05, 3.63) is 88.6 Å². The van der Waals surface area contributed by atoms with Gasteiger partial charge in [-0.05, 0) is 42.2 Å². The van der Waals surface area contributed by atoms with E-state index < -0.39 is 23.9 Å². The third-order valence-electron chi connectivity index (χ3n) is 5.87. The van der Waals surface area contributed by atoms with Gasteiger partial charge in [0.15, 0.2) is 0 Å². The second-order valence-corrected chi connectivity index (χ2v) is 8.68. The summed E-state index contributed by atoms with van der Waals surface area (Å²) in [6.07, 6.45) is -3.89. The zero-order valence-electron chi connectivity index (χ0n) is 18.6. The zero-order valence-corrected chi connectivity index (χ0v) is 19.4. The van der Waals surface area contributed by atoms with Crippen molar-refractivity contribution in [1.82, 2.24) is 9.88 Å². The van der Waals surface area contributed by atoms with Crippen LogP contribution in [0.15, 0.2) is 66.9 Å². The van der Waals surface area contributed by atoms with Gasteiger partial charge in [0, 0.05) is 25.0 Å². The number of aliphatic hydroxyl groups excluding tert-OH is 1. The number of nitrogens with one attached hydrogen (secondary N) is 2. The molecule has 0 fully saturated rings. The highest BCUT2D eigenvalue weighted by Gasteiger charge is 2.33. The fourth-order valence-corrected chi connectivity index (χ4v) is 4.38. The summed E-state index contributed by atoms with van der Waals surface area (Å²) in [4.78, 5) is 18.5. The highest BCUT2D eigenvalue weighted by molar-refractivity contribution is 6.32. The molecule has 2 amide bonds. The molecule has 35 heavy (non-hydrogen) atoms. The number of fused-ring (bicyclic) bond motifs is 1. The fourth-order valence-electron chi connectivity index (χ4n) is 4.14. The molecule has 0 unspecified atom stereocenters. The van der Waals surface area contributed by atoms with Crippen molar-refractivity contribution in [2.24, 2.45) is 0 Å². The number of alkyl halides is 3. The number of carbonyl (C=O) groups excluding carboxylic acids is 1. The number of benzene rings is 2. The topological polar surface area (TPSA) is 77.5 Å². The van der Waals surface area contributed by atoms with E-state index in [1.165, 1.54) is 0 Å². The monoisotopic (exact) mass is 504 g/mol. The largest absolute Gasteiger partial charge is 0.417 e. The third kappa shape index (κ3) is 6.04. The van der Waals surface area contributed by atoms with Crippen LogP contribution < -0.4 is 10.6 Å². The van der Waals surface area contributed by atoms with Gasteiger partial charge in [-0.2, -0.15) is 13.2 Å². The Balaban J connectivity index is 1.47. The summed E-state index contributed by atoms with van der Waals surface area (Å²) in [5, 5.41) is 16.3. The molecule has 1 aromatic heterocycles. The van der Waals surface area contributed by atoms with Gasteiger partial charge in [0.05, 0.1) is 22.7 Å². The van der Waals surface area contributed by atoms with Crippen LogP contribution in [0.3, 0.4) is 0 Å². The molecule has 2 atom stereocenters. The number of pyridine rings is 1. The van der Waals surface area contributed by atoms with E-state index in [2.05, 4.69) is 15.6 Å². The van der Waals surface area contributed by atoms with Crippen molar-refractivity contribution in [2.75, 3.05) is 23.7 Å². The molecule has 0 saturated heterocycles. The first-order valence-corrected chi connectivity index (χ1v) is 11.5. The second-order valence-electron chi connectivity index (χ2n) is 8.28. The lowest BCUT2D eigenvalue weighted by molar-refractivity contribution is -0.137. The Hall–Kier alpha value is -3.30. The van der Waals surface area contributed by atoms with E-state index in [9.17, 15) is 23.1 Å². The Bertz CT molecular complexity index is 1180. The minimum atomic E-state index is -4.55. The number of para-hydroxylation sites is 1. The number of aromatic nitrogens is 1. The Kier molecular flexibility index (Phi) is 7.47. The van der Waals surface area contributed by atoms with E-state index >= 15 is 0 Å². The van der Waals surface area contributed by atoms with Crippen LogP contribution in [0.4, 0.5) is 29.5 Å². The van der Waals surface area contributed by atoms with Crippen molar-refractivity contribution in [3.8, 4) is 0 Å². The van der Waals surface area contributed by atoms with Crippen LogP contribution in [0.5, 0.6) is 0 Å². The molecule has 2 aromatic carbocycles. The minimum absolute atomic E-state index is 0.00903. The van der Waals surface area contributed by atoms with E-state index in [0.29, 0.717) is 24.8 Å². The lowest BCUT2D eigenvalue weighted by Crippen LogP contribution is -2.44. The Morgan fingerprint density at radius 1 is 1.17 bits per heavy atom. The lowest BCUT2D eigenvalue weighted by atomic mass is 9.89. The number of aliphatic hydroxyl groups is 1. The molecule has 4 rings (SSSR count). The molecule has 3 aromatic rings. The molecule has 0 radical (unpaired) electrons. The SMILES string of the molecule is O=C(Nc1ccccc1)N1CCc2ccccc2[C@H]1C[C@H](O)CNc1ncc(C(F)(F)F)cc1Cl. The maximum Gasteiger partial charge on any atom is 0.417 e. The van der Waals surface area contributed by atoms with Gasteiger partial charge in [-0.1, -0.05) is 54.1 Å². The average Bonchev–Trinajstić information content (AvgIpc) is 2.83. The average molecular weight is 505 g/mol. The highest BCUT2D eigenvalue weighted by atomic mass is 35.5. The molecular weight excluding hydrogens is 481 g/mol. The number of nitrogens with zero attached hydrogens (tertiary/aromatic N) is 2. The van der Waals surface area contributed by atoms with E-state index in [-0.39, 0.29) is 29.8 Å². The van der Waals surface area contributed by atoms with Crippen molar-refractivity contribution < 1.29 is 23.1 Å². The summed E-state index contributed by atoms with van der Waals surface area (Å²) in [6, 6.07) is 17.0. The lowest BCUT2D eigenvalue weighted by Gasteiger charge is -2.38. The molecule has 1 aliphatic rings. The minimum Gasteiger partial charge on any atom is -0.391 e. The predicted octanol–water partition coefficient (Wildman–Crippen LogP) is 5.75. The summed E-state index contributed by atoms with van der Waals surface area (Å²) in [7, 11) is 0. The van der Waals surface area contributed by atoms with Gasteiger partial charge >= 0.3 is 12.2 Å². The first-order chi connectivity index (χ1) is 16.7. The van der Waals surface area contributed by atoms with E-state index in [1.807, 2.05) is 42.5 Å². The van der Waals surface area contributed by atoms with Gasteiger partial charge in [-0.15, -0.1) is 0 Å². The molecule has 0 bridgehead atoms. The zero-order chi connectivity index (χ0) is 25.0. The summed E-state index contributed by atoms with van der Waals surface area (Å²) in [6.45, 7) is 0.470. The summed E-state index contributed by atoms with van der Waals surface area (Å²) in [5.74, 6) is 0.0430. The second kappa shape index (κ2) is 10.5. The molecule has 6 nitrogen and oxygen atoms in total. The number of halogens is 4. The van der Waals surface area contributed by atoms with Gasteiger partial charge in [-0.25, -0.2) is 9.78 Å². The van der Waals surface area contributed by atoms with Gasteiger partial charge < -0.3 is 20.6 Å². The van der Waals surface area contributed by atoms with E-state index in [4.69, 9.17) is 11.6 Å². The van der Waals surface area contributed by atoms with Crippen LogP contribution in [0.25, 0.3) is 0 Å². The molecular formula is C25H24ClF3N4O2. The molecule has 2 heterocycles. The maximum atomic E-state index is 13.1. The van der Waals surface area contributed by atoms with Gasteiger partial charge in [0.25, 0.3) is 0 Å². The fraction of sp³-hybridized carbons (Fsp3) is 0.280. The number of rotatable bonds is 6. The number of carbonyl (C=O) groups is 1. The van der Waals surface area contributed by atoms with Crippen LogP contribution in [0, 0.1) is 0 Å². The molecule has 0 aliphatic carbocycles. The molecule has 3 N–H and O–H groups in total. The van der Waals surface area contributed by atoms with Crippen LogP contribution in [-0.2, 0) is 12.6 Å². The number of amides is 2. The molecule has 0 saturated carbocycles. The quantitative estimate of drug-likeness (QED) is 0.399. The molecule has 0 spiro atoms. The number of anilines is 2. The standard InChI is InChI=1S/C25H24ClF3N4O2/c26-21-12-17(25(27,28)29)14-30-23(21)31-15-19(34)13-22-20-9-5-4-6-16(20)10-11-33(22)24(35)32-18-7-2-1-3-8-18/h1-9,12,14,19,22,34H,10-11,13,15H2,(H,30,31)(H,32,35)/t19-,22+/m0/s1. The summed E-state index contributed by atoms with van der Waals surface area (Å²) < 4.78 is 38.5. The molecule has 184 valence electrons. The Morgan fingerprint density at radius 3 is 2.60 bits per heavy atom. The van der Waals surface area contributed by atoms with Gasteiger partial charge in [-0.3, -0.25) is 0 Å². The van der Waals surface area contributed by atoms with Crippen molar-refractivity contribution in [2.45, 2.75) is 31.2 Å². The third-order valence-corrected chi connectivity index (χ3v) is 6.16. The Labute approximate surface area is 205 Å². The van der Waals surface area contributed by atoms with Gasteiger partial charge in [0.2, 0.25) is 0 Å². The maximum absolute atomic E-state index is 13.1. The van der Waals surface area contributed by atoms with E-state index in [1.54, 1.807) is 17.0 Å². The van der Waals surface area contributed by atoms with Crippen molar-refractivity contribution in [1.29, 1.82) is 0 Å². The van der Waals surface area contributed by atoms with Crippen LogP contribution in [0.1, 0.15) is 29.2 Å². The first-order valence-electron chi connectivity index (χ1n) is 11.1. The number of urea groups is 1. The van der Waals surface area contributed by atoms with Crippen molar-refractivity contribution >= 4 is 29.1 Å². The van der Waals surface area contributed by atoms with Gasteiger partial charge in [0.1, 0.15) is 5.82 Å². The number of hydrogen-bond donors (Lipinski definition) is 3. The van der Waals surface area contributed by atoms with E-state index in [0.717, 1.165) is 17.2 Å². The van der Waals surface area contributed by atoms with Crippen LogP contribution >= 0.6 is 11.6 Å². The molecule has 1 aliphatic heterocycles.